The number of hydrogen-bond donors (Lipinski definition) is 3. The van der Waals surface area contributed by atoms with E-state index in [1.165, 1.54) is 4.90 Å². The summed E-state index contributed by atoms with van der Waals surface area (Å²) in [6, 6.07) is -0.797. The lowest BCUT2D eigenvalue weighted by atomic mass is 10.1. The second kappa shape index (κ2) is 6.58. The Morgan fingerprint density at radius 1 is 1.61 bits per heavy atom. The summed E-state index contributed by atoms with van der Waals surface area (Å²) in [5.41, 5.74) is 10.3. The molecule has 0 aromatic heterocycles. The second-order valence-electron chi connectivity index (χ2n) is 4.15. The molecule has 1 rings (SSSR count). The first-order chi connectivity index (χ1) is 8.41. The van der Waals surface area contributed by atoms with Gasteiger partial charge >= 0.3 is 5.97 Å². The molecule has 5 N–H and O–H groups in total. The lowest BCUT2D eigenvalue weighted by Crippen LogP contribution is -2.42. The molecule has 1 saturated heterocycles. The fourth-order valence-corrected chi connectivity index (χ4v) is 2.48. The topological polar surface area (TPSA) is 122 Å². The maximum Gasteiger partial charge on any atom is 0.326 e. The van der Waals surface area contributed by atoms with Crippen molar-refractivity contribution >= 4 is 33.8 Å². The van der Waals surface area contributed by atoms with Gasteiger partial charge in [0, 0.05) is 24.3 Å². The maximum absolute atomic E-state index is 11.6. The van der Waals surface area contributed by atoms with Crippen LogP contribution in [-0.2, 0) is 9.59 Å². The zero-order valence-corrected chi connectivity index (χ0v) is 11.5. The Bertz CT molecular complexity index is 357. The summed E-state index contributed by atoms with van der Waals surface area (Å²) >= 11 is 3.33. The van der Waals surface area contributed by atoms with E-state index >= 15 is 0 Å². The Kier molecular flexibility index (Phi) is 5.39. The number of nitrogens with zero attached hydrogens (tertiary/aromatic N) is 2. The van der Waals surface area contributed by atoms with Crippen LogP contribution in [0, 0.1) is 0 Å². The zero-order chi connectivity index (χ0) is 13.7. The number of likely N-dealkylation sites (tertiary alicyclic amines) is 1. The van der Waals surface area contributed by atoms with Crippen molar-refractivity contribution in [1.82, 2.24) is 4.90 Å². The van der Waals surface area contributed by atoms with E-state index in [4.69, 9.17) is 16.6 Å². The molecule has 1 aliphatic heterocycles. The molecule has 0 aromatic carbocycles. The monoisotopic (exact) mass is 320 g/mol. The van der Waals surface area contributed by atoms with E-state index in [1.54, 1.807) is 0 Å². The molecule has 1 heterocycles. The number of carbonyl (C=O) groups is 2. The first-order valence-electron chi connectivity index (χ1n) is 5.63. The SMILES string of the molecule is NC(N)=NCCC[C@@H](C(=O)O)N1CC(Br)CC1=O. The van der Waals surface area contributed by atoms with Crippen molar-refractivity contribution in [2.75, 3.05) is 13.1 Å². The summed E-state index contributed by atoms with van der Waals surface area (Å²) < 4.78 is 0. The van der Waals surface area contributed by atoms with Gasteiger partial charge < -0.3 is 21.5 Å². The van der Waals surface area contributed by atoms with Crippen LogP contribution in [0.3, 0.4) is 0 Å². The molecule has 18 heavy (non-hydrogen) atoms. The van der Waals surface area contributed by atoms with Gasteiger partial charge in [0.2, 0.25) is 5.91 Å². The van der Waals surface area contributed by atoms with E-state index < -0.39 is 12.0 Å². The minimum Gasteiger partial charge on any atom is -0.480 e. The lowest BCUT2D eigenvalue weighted by Gasteiger charge is -2.24. The Morgan fingerprint density at radius 2 is 2.28 bits per heavy atom. The van der Waals surface area contributed by atoms with Crippen LogP contribution in [0.15, 0.2) is 4.99 Å². The van der Waals surface area contributed by atoms with Crippen LogP contribution in [0.2, 0.25) is 0 Å². The number of guanidine groups is 1. The predicted octanol–water partition coefficient (Wildman–Crippen LogP) is -0.511. The summed E-state index contributed by atoms with van der Waals surface area (Å²) in [5, 5.41) is 9.15. The molecule has 0 aliphatic carbocycles. The number of rotatable bonds is 6. The number of amides is 1. The molecule has 1 fully saturated rings. The minimum atomic E-state index is -0.991. The molecular formula is C10H17BrN4O3. The molecule has 0 radical (unpaired) electrons. The third kappa shape index (κ3) is 4.17. The first kappa shape index (κ1) is 14.7. The van der Waals surface area contributed by atoms with E-state index in [1.807, 2.05) is 0 Å². The summed E-state index contributed by atoms with van der Waals surface area (Å²) in [7, 11) is 0. The van der Waals surface area contributed by atoms with Crippen molar-refractivity contribution in [1.29, 1.82) is 0 Å². The normalized spacial score (nSPS) is 20.8. The highest BCUT2D eigenvalue weighted by atomic mass is 79.9. The van der Waals surface area contributed by atoms with Gasteiger partial charge in [0.05, 0.1) is 0 Å². The van der Waals surface area contributed by atoms with Gasteiger partial charge in [-0.1, -0.05) is 15.9 Å². The molecule has 0 aromatic rings. The van der Waals surface area contributed by atoms with Crippen molar-refractivity contribution in [3.63, 3.8) is 0 Å². The molecule has 102 valence electrons. The van der Waals surface area contributed by atoms with E-state index in [-0.39, 0.29) is 16.7 Å². The van der Waals surface area contributed by atoms with Crippen LogP contribution in [-0.4, -0.2) is 51.8 Å². The third-order valence-corrected chi connectivity index (χ3v) is 3.32. The number of carbonyl (C=O) groups excluding carboxylic acids is 1. The number of carboxylic acid groups (broad SMARTS) is 1. The van der Waals surface area contributed by atoms with Crippen LogP contribution in [0.1, 0.15) is 19.3 Å². The van der Waals surface area contributed by atoms with Gasteiger partial charge in [-0.15, -0.1) is 0 Å². The summed E-state index contributed by atoms with van der Waals surface area (Å²) in [5.74, 6) is -1.14. The average molecular weight is 321 g/mol. The fraction of sp³-hybridized carbons (Fsp3) is 0.700. The number of hydrogen-bond acceptors (Lipinski definition) is 3. The van der Waals surface area contributed by atoms with Gasteiger partial charge in [0.1, 0.15) is 6.04 Å². The number of nitrogens with two attached hydrogens (primary N) is 2. The van der Waals surface area contributed by atoms with Crippen LogP contribution < -0.4 is 11.5 Å². The quantitative estimate of drug-likeness (QED) is 0.263. The van der Waals surface area contributed by atoms with E-state index in [2.05, 4.69) is 20.9 Å². The number of alkyl halides is 1. The van der Waals surface area contributed by atoms with Crippen LogP contribution in [0.25, 0.3) is 0 Å². The van der Waals surface area contributed by atoms with Crippen molar-refractivity contribution < 1.29 is 14.7 Å². The van der Waals surface area contributed by atoms with Crippen molar-refractivity contribution in [3.05, 3.63) is 0 Å². The first-order valence-corrected chi connectivity index (χ1v) is 6.55. The van der Waals surface area contributed by atoms with Gasteiger partial charge in [-0.25, -0.2) is 4.79 Å². The fourth-order valence-electron chi connectivity index (χ4n) is 1.89. The average Bonchev–Trinajstić information content (AvgIpc) is 2.56. The minimum absolute atomic E-state index is 0.0142. The third-order valence-electron chi connectivity index (χ3n) is 2.70. The molecule has 1 aliphatic rings. The van der Waals surface area contributed by atoms with Gasteiger partial charge in [0.25, 0.3) is 0 Å². The van der Waals surface area contributed by atoms with Crippen molar-refractivity contribution in [3.8, 4) is 0 Å². The van der Waals surface area contributed by atoms with E-state index in [9.17, 15) is 9.59 Å². The molecule has 1 amide bonds. The molecule has 2 atom stereocenters. The summed E-state index contributed by atoms with van der Waals surface area (Å²) in [6.07, 6.45) is 1.21. The molecule has 0 spiro atoms. The Balaban J connectivity index is 2.53. The predicted molar refractivity (Wildman–Crippen MR) is 70.4 cm³/mol. The Morgan fingerprint density at radius 3 is 2.72 bits per heavy atom. The van der Waals surface area contributed by atoms with Crippen LogP contribution in [0.4, 0.5) is 0 Å². The molecule has 7 nitrogen and oxygen atoms in total. The molecule has 1 unspecified atom stereocenters. The molecule has 0 saturated carbocycles. The number of aliphatic imine (C=N–C) groups is 1. The molecule has 0 bridgehead atoms. The highest BCUT2D eigenvalue weighted by Gasteiger charge is 2.36. The molecular weight excluding hydrogens is 304 g/mol. The number of carboxylic acids is 1. The van der Waals surface area contributed by atoms with Crippen molar-refractivity contribution in [2.24, 2.45) is 16.5 Å². The Hall–Kier alpha value is -1.31. The van der Waals surface area contributed by atoms with E-state index in [0.29, 0.717) is 32.4 Å². The smallest absolute Gasteiger partial charge is 0.326 e. The van der Waals surface area contributed by atoms with Crippen molar-refractivity contribution in [2.45, 2.75) is 30.1 Å². The van der Waals surface area contributed by atoms with Gasteiger partial charge in [0.15, 0.2) is 5.96 Å². The van der Waals surface area contributed by atoms with E-state index in [0.717, 1.165) is 0 Å². The standard InChI is InChI=1S/C10H17BrN4O3/c11-6-4-8(16)15(5-6)7(9(17)18)2-1-3-14-10(12)13/h6-7H,1-5H2,(H,17,18)(H4,12,13,14)/t6?,7-/m0/s1. The lowest BCUT2D eigenvalue weighted by molar-refractivity contribution is -0.148. The number of halogens is 1. The van der Waals surface area contributed by atoms with Gasteiger partial charge in [-0.2, -0.15) is 0 Å². The van der Waals surface area contributed by atoms with Crippen LogP contribution in [0.5, 0.6) is 0 Å². The van der Waals surface area contributed by atoms with Crippen LogP contribution >= 0.6 is 15.9 Å². The van der Waals surface area contributed by atoms with Gasteiger partial charge in [-0.3, -0.25) is 9.79 Å². The summed E-state index contributed by atoms with van der Waals surface area (Å²) in [6.45, 7) is 0.796. The zero-order valence-electron chi connectivity index (χ0n) is 9.88. The molecule has 8 heteroatoms. The second-order valence-corrected chi connectivity index (χ2v) is 5.45. The maximum atomic E-state index is 11.6. The van der Waals surface area contributed by atoms with Gasteiger partial charge in [-0.05, 0) is 12.8 Å². The number of aliphatic carboxylic acids is 1. The Labute approximate surface area is 113 Å². The highest BCUT2D eigenvalue weighted by Crippen LogP contribution is 2.22. The largest absolute Gasteiger partial charge is 0.480 e. The highest BCUT2D eigenvalue weighted by molar-refractivity contribution is 9.09. The summed E-state index contributed by atoms with van der Waals surface area (Å²) in [4.78, 5) is 28.0.